The van der Waals surface area contributed by atoms with E-state index in [-0.39, 0.29) is 11.5 Å². The van der Waals surface area contributed by atoms with Gasteiger partial charge in [-0.05, 0) is 109 Å². The van der Waals surface area contributed by atoms with E-state index in [2.05, 4.69) is 175 Å². The molecule has 0 radical (unpaired) electrons. The van der Waals surface area contributed by atoms with Gasteiger partial charge in [0.25, 0.3) is 0 Å². The maximum Gasteiger partial charge on any atom is 0.124 e. The van der Waals surface area contributed by atoms with Crippen molar-refractivity contribution in [3.63, 3.8) is 0 Å². The average molecular weight is 707 g/mol. The van der Waals surface area contributed by atoms with Gasteiger partial charge in [0, 0.05) is 16.8 Å². The van der Waals surface area contributed by atoms with Gasteiger partial charge >= 0.3 is 0 Å². The highest BCUT2D eigenvalue weighted by Gasteiger charge is 2.53. The van der Waals surface area contributed by atoms with E-state index in [9.17, 15) is 0 Å². The molecular formula is C51H34N2S. The van der Waals surface area contributed by atoms with Crippen molar-refractivity contribution in [1.82, 2.24) is 4.98 Å². The molecule has 0 fully saturated rings. The van der Waals surface area contributed by atoms with Gasteiger partial charge in [-0.1, -0.05) is 146 Å². The highest BCUT2D eigenvalue weighted by atomic mass is 32.1. The lowest BCUT2D eigenvalue weighted by Crippen LogP contribution is -2.28. The van der Waals surface area contributed by atoms with E-state index >= 15 is 0 Å². The fraction of sp³-hybridized carbons (Fsp3) is 0.0784. The van der Waals surface area contributed by atoms with Gasteiger partial charge in [-0.25, -0.2) is 4.98 Å². The Balaban J connectivity index is 1.02. The van der Waals surface area contributed by atoms with Crippen molar-refractivity contribution in [1.29, 1.82) is 0 Å². The predicted octanol–water partition coefficient (Wildman–Crippen LogP) is 13.2. The van der Waals surface area contributed by atoms with Crippen LogP contribution in [0.5, 0.6) is 0 Å². The summed E-state index contributed by atoms with van der Waals surface area (Å²) >= 11 is 1.75. The zero-order valence-electron chi connectivity index (χ0n) is 29.5. The third kappa shape index (κ3) is 4.08. The molecule has 1 aliphatic heterocycles. The lowest BCUT2D eigenvalue weighted by molar-refractivity contribution is 0.713. The van der Waals surface area contributed by atoms with Crippen LogP contribution in [0.25, 0.3) is 59.7 Å². The number of nitrogens with one attached hydrogen (secondary N) is 1. The lowest BCUT2D eigenvalue weighted by Gasteiger charge is -2.35. The number of benzene rings is 7. The molecule has 1 N–H and O–H groups in total. The third-order valence-corrected chi connectivity index (χ3v) is 13.4. The molecular weight excluding hydrogens is 673 g/mol. The molecule has 1 aromatic heterocycles. The number of para-hydroxylation sites is 2. The molecule has 54 heavy (non-hydrogen) atoms. The van der Waals surface area contributed by atoms with E-state index in [4.69, 9.17) is 4.98 Å². The van der Waals surface area contributed by atoms with Gasteiger partial charge in [-0.15, -0.1) is 11.3 Å². The Bertz CT molecular complexity index is 2890. The smallest absolute Gasteiger partial charge is 0.124 e. The van der Waals surface area contributed by atoms with Crippen LogP contribution in [0.3, 0.4) is 0 Å². The molecule has 7 aromatic carbocycles. The van der Waals surface area contributed by atoms with Gasteiger partial charge in [0.2, 0.25) is 0 Å². The largest absolute Gasteiger partial charge is 0.374 e. The van der Waals surface area contributed by atoms with E-state index < -0.39 is 0 Å². The first-order chi connectivity index (χ1) is 26.8. The molecule has 1 spiro atoms. The number of aromatic nitrogens is 1. The van der Waals surface area contributed by atoms with Crippen molar-refractivity contribution in [3.8, 4) is 44.0 Å². The summed E-state index contributed by atoms with van der Waals surface area (Å²) < 4.78 is 1.22. The van der Waals surface area contributed by atoms with E-state index in [1.165, 1.54) is 82.7 Å². The molecule has 8 aromatic rings. The summed E-state index contributed by atoms with van der Waals surface area (Å²) in [7, 11) is 0. The normalized spacial score (nSPS) is 18.5. The standard InChI is InChI=1S/C51H34N2S/c1-5-18-40-35(14-1)36-15-2-6-19-41(36)51(40)42-20-7-3-16-37(42)48-43(51)29-28-39-47(48)38-17-4-8-21-44(38)52-49(39)34-13-11-12-33(30-34)31-24-26-32(27-25-31)50-53-45-22-9-10-23-46(45)54-50/h1-5,7-18,20-30,49,52H,6,19H2. The van der Waals surface area contributed by atoms with E-state index in [0.717, 1.165) is 28.9 Å². The number of fused-ring (bicyclic) bond motifs is 14. The minimum atomic E-state index is -0.287. The molecule has 254 valence electrons. The second-order valence-corrected chi connectivity index (χ2v) is 16.0. The van der Waals surface area contributed by atoms with Crippen LogP contribution in [0.1, 0.15) is 52.3 Å². The van der Waals surface area contributed by atoms with Crippen LogP contribution < -0.4 is 5.32 Å². The monoisotopic (exact) mass is 706 g/mol. The van der Waals surface area contributed by atoms with Gasteiger partial charge in [0.1, 0.15) is 5.01 Å². The minimum absolute atomic E-state index is 0.00543. The highest BCUT2D eigenvalue weighted by Crippen LogP contribution is 2.66. The molecule has 2 atom stereocenters. The Hall–Kier alpha value is -6.29. The van der Waals surface area contributed by atoms with Crippen molar-refractivity contribution in [2.75, 3.05) is 5.32 Å². The minimum Gasteiger partial charge on any atom is -0.374 e. The van der Waals surface area contributed by atoms with Crippen molar-refractivity contribution < 1.29 is 0 Å². The first-order valence-electron chi connectivity index (χ1n) is 19.0. The molecule has 3 heteroatoms. The Morgan fingerprint density at radius 1 is 0.593 bits per heavy atom. The van der Waals surface area contributed by atoms with Crippen LogP contribution in [0, 0.1) is 0 Å². The first-order valence-corrected chi connectivity index (χ1v) is 19.8. The zero-order chi connectivity index (χ0) is 35.4. The van der Waals surface area contributed by atoms with E-state index in [1.54, 1.807) is 16.9 Å². The predicted molar refractivity (Wildman–Crippen MR) is 225 cm³/mol. The molecule has 0 saturated carbocycles. The number of anilines is 1. The van der Waals surface area contributed by atoms with Crippen molar-refractivity contribution >= 4 is 32.8 Å². The fourth-order valence-electron chi connectivity index (χ4n) is 10.1. The second kappa shape index (κ2) is 11.4. The number of rotatable bonds is 3. The molecule has 0 saturated heterocycles. The van der Waals surface area contributed by atoms with Gasteiger partial charge in [-0.2, -0.15) is 0 Å². The molecule has 2 heterocycles. The molecule has 3 aliphatic carbocycles. The molecule has 0 amide bonds. The SMILES string of the molecule is C1=CC2=C(CC1)C1(c3ccccc32)c2ccccc2-c2c1ccc1c2-c2ccccc2NC1c1cccc(-c2ccc(-c3nc4ccccc4s3)cc2)c1. The summed E-state index contributed by atoms with van der Waals surface area (Å²) in [6.45, 7) is 0. The zero-order valence-corrected chi connectivity index (χ0v) is 30.3. The highest BCUT2D eigenvalue weighted by molar-refractivity contribution is 7.21. The van der Waals surface area contributed by atoms with E-state index in [1.807, 2.05) is 0 Å². The van der Waals surface area contributed by atoms with Crippen molar-refractivity contribution in [2.24, 2.45) is 0 Å². The van der Waals surface area contributed by atoms with Crippen LogP contribution in [0.15, 0.2) is 175 Å². The topological polar surface area (TPSA) is 24.9 Å². The van der Waals surface area contributed by atoms with Gasteiger partial charge in [0.05, 0.1) is 21.7 Å². The first kappa shape index (κ1) is 30.2. The molecule has 12 rings (SSSR count). The van der Waals surface area contributed by atoms with E-state index in [0.29, 0.717) is 0 Å². The summed E-state index contributed by atoms with van der Waals surface area (Å²) in [6, 6.07) is 58.6. The molecule has 0 bridgehead atoms. The quantitative estimate of drug-likeness (QED) is 0.198. The van der Waals surface area contributed by atoms with Crippen LogP contribution >= 0.6 is 11.3 Å². The maximum atomic E-state index is 4.90. The number of thiazole rings is 1. The van der Waals surface area contributed by atoms with Crippen LogP contribution in [0.4, 0.5) is 5.69 Å². The summed E-state index contributed by atoms with van der Waals surface area (Å²) in [6.07, 6.45) is 6.90. The number of nitrogens with zero attached hydrogens (tertiary/aromatic N) is 1. The van der Waals surface area contributed by atoms with Crippen molar-refractivity contribution in [3.05, 3.63) is 209 Å². The van der Waals surface area contributed by atoms with Crippen LogP contribution in [0.2, 0.25) is 0 Å². The Morgan fingerprint density at radius 3 is 2.20 bits per heavy atom. The summed E-state index contributed by atoms with van der Waals surface area (Å²) in [5, 5.41) is 5.06. The summed E-state index contributed by atoms with van der Waals surface area (Å²) in [5.41, 5.74) is 22.1. The fourth-order valence-corrected chi connectivity index (χ4v) is 11.0. The Morgan fingerprint density at radius 2 is 1.33 bits per heavy atom. The third-order valence-electron chi connectivity index (χ3n) is 12.3. The van der Waals surface area contributed by atoms with Gasteiger partial charge in [-0.3, -0.25) is 0 Å². The Kier molecular flexibility index (Phi) is 6.35. The number of allylic oxidation sites excluding steroid dienone is 4. The second-order valence-electron chi connectivity index (χ2n) is 14.9. The summed E-state index contributed by atoms with van der Waals surface area (Å²) in [4.78, 5) is 4.90. The van der Waals surface area contributed by atoms with Crippen molar-refractivity contribution in [2.45, 2.75) is 24.3 Å². The van der Waals surface area contributed by atoms with Gasteiger partial charge in [0.15, 0.2) is 0 Å². The summed E-state index contributed by atoms with van der Waals surface area (Å²) in [5.74, 6) is 0. The average Bonchev–Trinajstić information content (AvgIpc) is 3.91. The number of hydrogen-bond acceptors (Lipinski definition) is 3. The molecule has 2 unspecified atom stereocenters. The van der Waals surface area contributed by atoms with Gasteiger partial charge < -0.3 is 5.32 Å². The molecule has 2 nitrogen and oxygen atoms in total. The maximum absolute atomic E-state index is 4.90. The lowest BCUT2D eigenvalue weighted by atomic mass is 9.67. The van der Waals surface area contributed by atoms with Crippen LogP contribution in [-0.2, 0) is 5.41 Å². The molecule has 4 aliphatic rings. The van der Waals surface area contributed by atoms with Crippen LogP contribution in [-0.4, -0.2) is 4.98 Å². The Labute approximate surface area is 318 Å². The number of hydrogen-bond donors (Lipinski definition) is 1.